The maximum atomic E-state index is 11.6. The van der Waals surface area contributed by atoms with Crippen molar-refractivity contribution in [2.45, 2.75) is 38.5 Å². The van der Waals surface area contributed by atoms with Crippen LogP contribution < -0.4 is 0 Å². The van der Waals surface area contributed by atoms with Crippen LogP contribution in [0.15, 0.2) is 30.3 Å². The van der Waals surface area contributed by atoms with Crippen LogP contribution in [0.3, 0.4) is 0 Å². The van der Waals surface area contributed by atoms with E-state index in [1.54, 1.807) is 6.92 Å². The number of carbonyl (C=O) groups is 1. The Morgan fingerprint density at radius 2 is 1.80 bits per heavy atom. The molecular formula is C14H18O. The van der Waals surface area contributed by atoms with Gasteiger partial charge in [0, 0.05) is 5.92 Å². The molecule has 0 bridgehead atoms. The van der Waals surface area contributed by atoms with Gasteiger partial charge in [-0.2, -0.15) is 0 Å². The number of carbonyl (C=O) groups excluding carboxylic acids is 1. The highest BCUT2D eigenvalue weighted by Gasteiger charge is 2.29. The van der Waals surface area contributed by atoms with Crippen LogP contribution in [0.2, 0.25) is 0 Å². The molecule has 2 rings (SSSR count). The highest BCUT2D eigenvalue weighted by molar-refractivity contribution is 5.79. The van der Waals surface area contributed by atoms with Crippen molar-refractivity contribution in [2.75, 3.05) is 0 Å². The summed E-state index contributed by atoms with van der Waals surface area (Å²) < 4.78 is 0. The van der Waals surface area contributed by atoms with Crippen LogP contribution in [-0.2, 0) is 4.79 Å². The maximum Gasteiger partial charge on any atom is 0.133 e. The molecule has 2 atom stereocenters. The topological polar surface area (TPSA) is 17.1 Å². The minimum atomic E-state index is 0.265. The molecule has 1 nitrogen and oxygen atoms in total. The summed E-state index contributed by atoms with van der Waals surface area (Å²) >= 11 is 0. The molecule has 0 aliphatic heterocycles. The van der Waals surface area contributed by atoms with E-state index < -0.39 is 0 Å². The average Bonchev–Trinajstić information content (AvgIpc) is 2.30. The van der Waals surface area contributed by atoms with Gasteiger partial charge in [-0.05, 0) is 31.2 Å². The molecule has 1 heteroatoms. The predicted octanol–water partition coefficient (Wildman–Crippen LogP) is 3.55. The van der Waals surface area contributed by atoms with E-state index in [1.165, 1.54) is 24.8 Å². The smallest absolute Gasteiger partial charge is 0.133 e. The summed E-state index contributed by atoms with van der Waals surface area (Å²) in [6.07, 6.45) is 4.74. The average molecular weight is 202 g/mol. The third-order valence-corrected chi connectivity index (χ3v) is 3.52. The molecule has 1 saturated carbocycles. The van der Waals surface area contributed by atoms with E-state index in [2.05, 4.69) is 24.3 Å². The Morgan fingerprint density at radius 3 is 2.47 bits per heavy atom. The summed E-state index contributed by atoms with van der Waals surface area (Å²) in [6, 6.07) is 10.5. The summed E-state index contributed by atoms with van der Waals surface area (Å²) in [5.74, 6) is 1.10. The van der Waals surface area contributed by atoms with E-state index in [9.17, 15) is 4.79 Å². The predicted molar refractivity (Wildman–Crippen MR) is 61.8 cm³/mol. The van der Waals surface area contributed by atoms with Gasteiger partial charge in [0.05, 0.1) is 0 Å². The molecule has 0 heterocycles. The maximum absolute atomic E-state index is 11.6. The molecular weight excluding hydrogens is 184 g/mol. The van der Waals surface area contributed by atoms with Crippen LogP contribution in [0, 0.1) is 5.92 Å². The van der Waals surface area contributed by atoms with Crippen LogP contribution in [0.1, 0.15) is 44.1 Å². The summed E-state index contributed by atoms with van der Waals surface area (Å²) in [5, 5.41) is 0. The van der Waals surface area contributed by atoms with Crippen molar-refractivity contribution in [1.29, 1.82) is 0 Å². The lowest BCUT2D eigenvalue weighted by Crippen LogP contribution is -2.23. The second kappa shape index (κ2) is 4.61. The van der Waals surface area contributed by atoms with Gasteiger partial charge in [0.1, 0.15) is 5.78 Å². The minimum Gasteiger partial charge on any atom is -0.300 e. The van der Waals surface area contributed by atoms with Gasteiger partial charge < -0.3 is 0 Å². The van der Waals surface area contributed by atoms with Gasteiger partial charge in [-0.15, -0.1) is 0 Å². The Morgan fingerprint density at radius 1 is 1.13 bits per heavy atom. The van der Waals surface area contributed by atoms with E-state index in [-0.39, 0.29) is 5.92 Å². The van der Waals surface area contributed by atoms with E-state index >= 15 is 0 Å². The van der Waals surface area contributed by atoms with Gasteiger partial charge >= 0.3 is 0 Å². The van der Waals surface area contributed by atoms with Crippen molar-refractivity contribution >= 4 is 5.78 Å². The number of rotatable bonds is 2. The molecule has 0 spiro atoms. The summed E-state index contributed by atoms with van der Waals surface area (Å²) in [6.45, 7) is 1.74. The molecule has 1 aromatic carbocycles. The number of ketones is 1. The van der Waals surface area contributed by atoms with Crippen LogP contribution in [0.4, 0.5) is 0 Å². The van der Waals surface area contributed by atoms with Crippen molar-refractivity contribution in [3.63, 3.8) is 0 Å². The number of hydrogen-bond acceptors (Lipinski definition) is 1. The molecule has 1 aliphatic rings. The molecule has 15 heavy (non-hydrogen) atoms. The summed E-state index contributed by atoms with van der Waals surface area (Å²) in [4.78, 5) is 11.6. The molecule has 1 fully saturated rings. The van der Waals surface area contributed by atoms with Gasteiger partial charge in [-0.3, -0.25) is 4.79 Å². The Bertz CT molecular complexity index is 328. The first-order valence-electron chi connectivity index (χ1n) is 5.84. The summed E-state index contributed by atoms with van der Waals surface area (Å²) in [5.41, 5.74) is 1.34. The molecule has 0 amide bonds. The van der Waals surface area contributed by atoms with Crippen molar-refractivity contribution < 1.29 is 4.79 Å². The fraction of sp³-hybridized carbons (Fsp3) is 0.500. The van der Waals surface area contributed by atoms with Crippen molar-refractivity contribution in [2.24, 2.45) is 5.92 Å². The molecule has 0 unspecified atom stereocenters. The minimum absolute atomic E-state index is 0.265. The quantitative estimate of drug-likeness (QED) is 0.716. The van der Waals surface area contributed by atoms with Gasteiger partial charge in [0.15, 0.2) is 0 Å². The fourth-order valence-electron chi connectivity index (χ4n) is 2.72. The molecule has 0 saturated heterocycles. The van der Waals surface area contributed by atoms with Crippen LogP contribution in [0.25, 0.3) is 0 Å². The van der Waals surface area contributed by atoms with Crippen LogP contribution in [-0.4, -0.2) is 5.78 Å². The molecule has 80 valence electrons. The van der Waals surface area contributed by atoms with E-state index in [0.717, 1.165) is 6.42 Å². The normalized spacial score (nSPS) is 26.2. The standard InChI is InChI=1S/C14H18O/c1-11(15)13-9-5-6-10-14(13)12-7-3-2-4-8-12/h2-4,7-8,13-14H,5-6,9-10H2,1H3/t13-,14-/m0/s1. The first-order valence-corrected chi connectivity index (χ1v) is 5.84. The lowest BCUT2D eigenvalue weighted by molar-refractivity contribution is -0.122. The molecule has 1 aromatic rings. The largest absolute Gasteiger partial charge is 0.300 e. The second-order valence-electron chi connectivity index (χ2n) is 4.52. The third kappa shape index (κ3) is 2.28. The van der Waals surface area contributed by atoms with Gasteiger partial charge in [-0.25, -0.2) is 0 Å². The molecule has 0 N–H and O–H groups in total. The van der Waals surface area contributed by atoms with Crippen LogP contribution in [0.5, 0.6) is 0 Å². The van der Waals surface area contributed by atoms with Gasteiger partial charge in [-0.1, -0.05) is 43.2 Å². The third-order valence-electron chi connectivity index (χ3n) is 3.52. The Kier molecular flexibility index (Phi) is 3.20. The number of benzene rings is 1. The zero-order valence-corrected chi connectivity index (χ0v) is 9.28. The van der Waals surface area contributed by atoms with Crippen molar-refractivity contribution in [3.05, 3.63) is 35.9 Å². The first-order chi connectivity index (χ1) is 7.29. The number of hydrogen-bond donors (Lipinski definition) is 0. The zero-order valence-electron chi connectivity index (χ0n) is 9.28. The Hall–Kier alpha value is -1.11. The molecule has 0 radical (unpaired) electrons. The Balaban J connectivity index is 2.22. The lowest BCUT2D eigenvalue weighted by Gasteiger charge is -2.30. The first kappa shape index (κ1) is 10.4. The van der Waals surface area contributed by atoms with E-state index in [4.69, 9.17) is 0 Å². The van der Waals surface area contributed by atoms with Crippen molar-refractivity contribution in [1.82, 2.24) is 0 Å². The van der Waals surface area contributed by atoms with Crippen LogP contribution >= 0.6 is 0 Å². The second-order valence-corrected chi connectivity index (χ2v) is 4.52. The highest BCUT2D eigenvalue weighted by atomic mass is 16.1. The SMILES string of the molecule is CC(=O)[C@@H]1CCCC[C@H]1c1ccccc1. The summed E-state index contributed by atoms with van der Waals surface area (Å²) in [7, 11) is 0. The number of Topliss-reactive ketones (excluding diaryl/α,β-unsaturated/α-hetero) is 1. The van der Waals surface area contributed by atoms with E-state index in [0.29, 0.717) is 11.7 Å². The van der Waals surface area contributed by atoms with Crippen molar-refractivity contribution in [3.8, 4) is 0 Å². The van der Waals surface area contributed by atoms with E-state index in [1.807, 2.05) is 6.07 Å². The fourth-order valence-corrected chi connectivity index (χ4v) is 2.72. The zero-order chi connectivity index (χ0) is 10.7. The lowest BCUT2D eigenvalue weighted by atomic mass is 9.74. The highest BCUT2D eigenvalue weighted by Crippen LogP contribution is 2.37. The Labute approximate surface area is 91.5 Å². The van der Waals surface area contributed by atoms with Gasteiger partial charge in [0.2, 0.25) is 0 Å². The monoisotopic (exact) mass is 202 g/mol. The molecule has 0 aromatic heterocycles. The molecule has 1 aliphatic carbocycles. The van der Waals surface area contributed by atoms with Gasteiger partial charge in [0.25, 0.3) is 0 Å².